The highest BCUT2D eigenvalue weighted by atomic mass is 32.2. The lowest BCUT2D eigenvalue weighted by Gasteiger charge is -2.22. The van der Waals surface area contributed by atoms with Gasteiger partial charge in [0.05, 0.1) is 5.25 Å². The molecule has 0 saturated carbocycles. The molecule has 0 aromatic heterocycles. The van der Waals surface area contributed by atoms with Gasteiger partial charge in [0.1, 0.15) is 0 Å². The van der Waals surface area contributed by atoms with Gasteiger partial charge >= 0.3 is 0 Å². The van der Waals surface area contributed by atoms with Crippen molar-refractivity contribution in [3.8, 4) is 0 Å². The van der Waals surface area contributed by atoms with E-state index < -0.39 is 10.8 Å². The SMILES string of the molecule is CCc1ccc(C(NC)C(C)S(C)=O)cc1. The summed E-state index contributed by atoms with van der Waals surface area (Å²) in [5.74, 6) is 0. The fourth-order valence-electron chi connectivity index (χ4n) is 1.82. The van der Waals surface area contributed by atoms with Gasteiger partial charge < -0.3 is 5.32 Å². The van der Waals surface area contributed by atoms with Crippen molar-refractivity contribution in [3.05, 3.63) is 35.4 Å². The fraction of sp³-hybridized carbons (Fsp3) is 0.538. The van der Waals surface area contributed by atoms with Crippen LogP contribution in [0.25, 0.3) is 0 Å². The summed E-state index contributed by atoms with van der Waals surface area (Å²) in [6.07, 6.45) is 2.81. The highest BCUT2D eigenvalue weighted by Gasteiger charge is 2.20. The molecule has 0 saturated heterocycles. The van der Waals surface area contributed by atoms with E-state index in [9.17, 15) is 4.21 Å². The maximum Gasteiger partial charge on any atom is 0.0511 e. The predicted molar refractivity (Wildman–Crippen MR) is 71.1 cm³/mol. The Morgan fingerprint density at radius 1 is 1.31 bits per heavy atom. The highest BCUT2D eigenvalue weighted by molar-refractivity contribution is 7.84. The zero-order valence-corrected chi connectivity index (χ0v) is 11.3. The van der Waals surface area contributed by atoms with E-state index in [0.717, 1.165) is 6.42 Å². The molecule has 0 spiro atoms. The molecule has 3 heteroatoms. The van der Waals surface area contributed by atoms with Crippen LogP contribution in [0.15, 0.2) is 24.3 Å². The van der Waals surface area contributed by atoms with Crippen LogP contribution in [0.2, 0.25) is 0 Å². The van der Waals surface area contributed by atoms with E-state index in [2.05, 4.69) is 36.5 Å². The van der Waals surface area contributed by atoms with Crippen LogP contribution in [0.5, 0.6) is 0 Å². The first-order chi connectivity index (χ1) is 7.60. The van der Waals surface area contributed by atoms with E-state index >= 15 is 0 Å². The summed E-state index contributed by atoms with van der Waals surface area (Å²) in [5, 5.41) is 3.37. The minimum absolute atomic E-state index is 0.123. The lowest BCUT2D eigenvalue weighted by Crippen LogP contribution is -2.30. The first-order valence-electron chi connectivity index (χ1n) is 5.68. The van der Waals surface area contributed by atoms with E-state index in [0.29, 0.717) is 0 Å². The summed E-state index contributed by atoms with van der Waals surface area (Å²) >= 11 is 0. The Balaban J connectivity index is 2.90. The van der Waals surface area contributed by atoms with Gasteiger partial charge in [-0.1, -0.05) is 31.2 Å². The molecule has 90 valence electrons. The molecule has 3 atom stereocenters. The first-order valence-corrected chi connectivity index (χ1v) is 7.30. The van der Waals surface area contributed by atoms with Crippen LogP contribution in [0, 0.1) is 0 Å². The van der Waals surface area contributed by atoms with Crippen LogP contribution in [-0.2, 0) is 17.2 Å². The maximum atomic E-state index is 11.5. The normalized spacial score (nSPS) is 16.8. The minimum atomic E-state index is -0.810. The van der Waals surface area contributed by atoms with Crippen LogP contribution in [0.4, 0.5) is 0 Å². The third-order valence-electron chi connectivity index (χ3n) is 3.05. The largest absolute Gasteiger partial charge is 0.312 e. The average Bonchev–Trinajstić information content (AvgIpc) is 2.30. The standard InChI is InChI=1S/C13H21NOS/c1-5-11-6-8-12(9-7-11)13(14-3)10(2)16(4)15/h6-10,13-14H,5H2,1-4H3. The van der Waals surface area contributed by atoms with Crippen molar-refractivity contribution in [2.75, 3.05) is 13.3 Å². The van der Waals surface area contributed by atoms with Gasteiger partial charge in [0.15, 0.2) is 0 Å². The zero-order valence-electron chi connectivity index (χ0n) is 10.5. The van der Waals surface area contributed by atoms with Crippen molar-refractivity contribution in [1.82, 2.24) is 5.32 Å². The van der Waals surface area contributed by atoms with E-state index in [4.69, 9.17) is 0 Å². The van der Waals surface area contributed by atoms with Crippen LogP contribution in [0.1, 0.15) is 31.0 Å². The molecule has 0 bridgehead atoms. The van der Waals surface area contributed by atoms with Crippen molar-refractivity contribution < 1.29 is 4.21 Å². The number of hydrogen-bond donors (Lipinski definition) is 1. The van der Waals surface area contributed by atoms with Crippen LogP contribution in [-0.4, -0.2) is 22.8 Å². The smallest absolute Gasteiger partial charge is 0.0511 e. The summed E-state index contributed by atoms with van der Waals surface area (Å²) in [6, 6.07) is 8.71. The Bertz CT molecular complexity index is 347. The number of nitrogens with one attached hydrogen (secondary N) is 1. The second-order valence-corrected chi connectivity index (χ2v) is 5.81. The summed E-state index contributed by atoms with van der Waals surface area (Å²) in [5.41, 5.74) is 2.55. The molecule has 0 heterocycles. The molecule has 2 nitrogen and oxygen atoms in total. The van der Waals surface area contributed by atoms with E-state index in [1.165, 1.54) is 11.1 Å². The van der Waals surface area contributed by atoms with Gasteiger partial charge in [0.2, 0.25) is 0 Å². The fourth-order valence-corrected chi connectivity index (χ4v) is 2.50. The minimum Gasteiger partial charge on any atom is -0.312 e. The van der Waals surface area contributed by atoms with Crippen LogP contribution >= 0.6 is 0 Å². The van der Waals surface area contributed by atoms with E-state index in [-0.39, 0.29) is 11.3 Å². The second kappa shape index (κ2) is 6.16. The molecule has 1 N–H and O–H groups in total. The monoisotopic (exact) mass is 239 g/mol. The molecular weight excluding hydrogens is 218 g/mol. The lowest BCUT2D eigenvalue weighted by molar-refractivity contribution is 0.572. The quantitative estimate of drug-likeness (QED) is 0.854. The molecule has 0 aliphatic carbocycles. The molecule has 1 aromatic carbocycles. The van der Waals surface area contributed by atoms with Gasteiger partial charge in [0.25, 0.3) is 0 Å². The summed E-state index contributed by atoms with van der Waals surface area (Å²) in [6.45, 7) is 4.17. The van der Waals surface area contributed by atoms with Gasteiger partial charge in [-0.3, -0.25) is 4.21 Å². The summed E-state index contributed by atoms with van der Waals surface area (Å²) in [7, 11) is 1.11. The molecule has 1 rings (SSSR count). The second-order valence-electron chi connectivity index (χ2n) is 4.07. The molecule has 0 fully saturated rings. The number of hydrogen-bond acceptors (Lipinski definition) is 2. The van der Waals surface area contributed by atoms with E-state index in [1.54, 1.807) is 6.26 Å². The van der Waals surface area contributed by atoms with Crippen LogP contribution < -0.4 is 5.32 Å². The topological polar surface area (TPSA) is 29.1 Å². The highest BCUT2D eigenvalue weighted by Crippen LogP contribution is 2.20. The Morgan fingerprint density at radius 2 is 1.88 bits per heavy atom. The number of benzene rings is 1. The Hall–Kier alpha value is -0.670. The summed E-state index contributed by atoms with van der Waals surface area (Å²) in [4.78, 5) is 0. The van der Waals surface area contributed by atoms with Gasteiger partial charge in [0, 0.05) is 23.1 Å². The third kappa shape index (κ3) is 3.16. The van der Waals surface area contributed by atoms with Crippen molar-refractivity contribution in [3.63, 3.8) is 0 Å². The van der Waals surface area contributed by atoms with Crippen molar-refractivity contribution in [2.24, 2.45) is 0 Å². The third-order valence-corrected chi connectivity index (χ3v) is 4.37. The van der Waals surface area contributed by atoms with Gasteiger partial charge in [-0.05, 0) is 31.5 Å². The molecule has 16 heavy (non-hydrogen) atoms. The number of aryl methyl sites for hydroxylation is 1. The molecule has 0 radical (unpaired) electrons. The Morgan fingerprint density at radius 3 is 2.25 bits per heavy atom. The summed E-state index contributed by atoms with van der Waals surface area (Å²) < 4.78 is 11.5. The average molecular weight is 239 g/mol. The van der Waals surface area contributed by atoms with Crippen LogP contribution in [0.3, 0.4) is 0 Å². The van der Waals surface area contributed by atoms with Crippen molar-refractivity contribution in [1.29, 1.82) is 0 Å². The lowest BCUT2D eigenvalue weighted by atomic mass is 10.0. The van der Waals surface area contributed by atoms with Gasteiger partial charge in [-0.15, -0.1) is 0 Å². The molecule has 1 aromatic rings. The van der Waals surface area contributed by atoms with E-state index in [1.807, 2.05) is 14.0 Å². The predicted octanol–water partition coefficient (Wildman–Crippen LogP) is 2.28. The van der Waals surface area contributed by atoms with Gasteiger partial charge in [-0.2, -0.15) is 0 Å². The molecular formula is C13H21NOS. The Kier molecular flexibility index (Phi) is 5.16. The first kappa shape index (κ1) is 13.4. The number of rotatable bonds is 5. The molecule has 3 unspecified atom stereocenters. The molecule has 0 aliphatic rings. The molecule has 0 aliphatic heterocycles. The Labute approximate surface area is 101 Å². The van der Waals surface area contributed by atoms with Crippen molar-refractivity contribution >= 4 is 10.8 Å². The maximum absolute atomic E-state index is 11.5. The van der Waals surface area contributed by atoms with Gasteiger partial charge in [-0.25, -0.2) is 0 Å². The van der Waals surface area contributed by atoms with Crippen molar-refractivity contribution in [2.45, 2.75) is 31.6 Å². The molecule has 0 amide bonds. The zero-order chi connectivity index (χ0) is 12.1.